The summed E-state index contributed by atoms with van der Waals surface area (Å²) in [5.41, 5.74) is 5.52. The molecule has 6 heteroatoms. The molecule has 5 aromatic rings. The lowest BCUT2D eigenvalue weighted by Gasteiger charge is -2.03. The quantitative estimate of drug-likeness (QED) is 0.489. The lowest BCUT2D eigenvalue weighted by Crippen LogP contribution is -1.98. The Labute approximate surface area is 154 Å². The van der Waals surface area contributed by atoms with Gasteiger partial charge in [-0.05, 0) is 56.2 Å². The molecule has 0 saturated carbocycles. The number of aromatic nitrogens is 5. The summed E-state index contributed by atoms with van der Waals surface area (Å²) >= 11 is 0. The van der Waals surface area contributed by atoms with Gasteiger partial charge in [0.1, 0.15) is 11.5 Å². The van der Waals surface area contributed by atoms with Gasteiger partial charge < -0.3 is 4.40 Å². The van der Waals surface area contributed by atoms with E-state index in [-0.39, 0.29) is 5.82 Å². The molecule has 0 aliphatic rings. The molecule has 0 amide bonds. The maximum Gasteiger partial charge on any atom is 0.159 e. The number of pyridine rings is 4. The summed E-state index contributed by atoms with van der Waals surface area (Å²) < 4.78 is 15.4. The van der Waals surface area contributed by atoms with Gasteiger partial charge >= 0.3 is 0 Å². The highest BCUT2D eigenvalue weighted by atomic mass is 19.1. The molecule has 0 aromatic carbocycles. The summed E-state index contributed by atoms with van der Waals surface area (Å²) in [7, 11) is 0. The van der Waals surface area contributed by atoms with Crippen LogP contribution < -0.4 is 0 Å². The molecule has 5 nitrogen and oxygen atoms in total. The fraction of sp³-hybridized carbons (Fsp3) is 0.143. The molecule has 27 heavy (non-hydrogen) atoms. The van der Waals surface area contributed by atoms with Gasteiger partial charge in [-0.2, -0.15) is 0 Å². The predicted octanol–water partition coefficient (Wildman–Crippen LogP) is 4.06. The van der Waals surface area contributed by atoms with E-state index in [1.54, 1.807) is 6.20 Å². The molecule has 0 saturated heterocycles. The van der Waals surface area contributed by atoms with E-state index in [4.69, 9.17) is 4.98 Å². The second kappa shape index (κ2) is 6.09. The highest BCUT2D eigenvalue weighted by Gasteiger charge is 2.12. The Morgan fingerprint density at radius 2 is 1.96 bits per heavy atom. The summed E-state index contributed by atoms with van der Waals surface area (Å²) in [6, 6.07) is 11.2. The molecule has 0 unspecified atom stereocenters. The maximum atomic E-state index is 13.3. The first-order valence-electron chi connectivity index (χ1n) is 8.81. The second-order valence-corrected chi connectivity index (χ2v) is 6.59. The molecular formula is C21H16FN5. The lowest BCUT2D eigenvalue weighted by molar-refractivity contribution is 0.624. The second-order valence-electron chi connectivity index (χ2n) is 6.59. The molecular weight excluding hydrogens is 341 g/mol. The predicted molar refractivity (Wildman–Crippen MR) is 102 cm³/mol. The van der Waals surface area contributed by atoms with Crippen molar-refractivity contribution in [1.29, 1.82) is 0 Å². The van der Waals surface area contributed by atoms with Crippen molar-refractivity contribution >= 4 is 27.6 Å². The van der Waals surface area contributed by atoms with Gasteiger partial charge in [-0.3, -0.25) is 4.98 Å². The van der Waals surface area contributed by atoms with Crippen molar-refractivity contribution in [1.82, 2.24) is 24.3 Å². The maximum absolute atomic E-state index is 13.3. The molecule has 0 aliphatic heterocycles. The molecule has 5 aromatic heterocycles. The summed E-state index contributed by atoms with van der Waals surface area (Å²) in [5, 5.41) is 1.76. The average molecular weight is 357 g/mol. The molecule has 0 fully saturated rings. The standard InChI is InChI=1S/C21H16FN5/c1-13-18(26-21-17-3-2-9-23-19(17)8-10-27(13)21)7-6-16-5-4-14-11-15(22)12-24-20(14)25-16/h2-5,8-12H,6-7H2,1H3. The minimum Gasteiger partial charge on any atom is -0.303 e. The van der Waals surface area contributed by atoms with Crippen LogP contribution in [0.25, 0.3) is 27.6 Å². The Bertz CT molecular complexity index is 1310. The summed E-state index contributed by atoms with van der Waals surface area (Å²) in [6.45, 7) is 2.08. The first-order chi connectivity index (χ1) is 13.2. The molecule has 0 atom stereocenters. The number of hydrogen-bond donors (Lipinski definition) is 0. The van der Waals surface area contributed by atoms with Gasteiger partial charge in [-0.1, -0.05) is 0 Å². The number of aryl methyl sites for hydroxylation is 3. The van der Waals surface area contributed by atoms with E-state index >= 15 is 0 Å². The van der Waals surface area contributed by atoms with Gasteiger partial charge in [0.25, 0.3) is 0 Å². The van der Waals surface area contributed by atoms with Crippen molar-refractivity contribution in [2.45, 2.75) is 19.8 Å². The molecule has 0 aliphatic carbocycles. The molecule has 0 spiro atoms. The summed E-state index contributed by atoms with van der Waals surface area (Å²) in [6.07, 6.45) is 6.53. The molecule has 132 valence electrons. The zero-order chi connectivity index (χ0) is 18.4. The van der Waals surface area contributed by atoms with Gasteiger partial charge in [0.05, 0.1) is 17.4 Å². The number of nitrogens with zero attached hydrogens (tertiary/aromatic N) is 5. The van der Waals surface area contributed by atoms with Gasteiger partial charge in [0.2, 0.25) is 0 Å². The molecule has 0 radical (unpaired) electrons. The third-order valence-electron chi connectivity index (χ3n) is 4.89. The average Bonchev–Trinajstić information content (AvgIpc) is 3.02. The third kappa shape index (κ3) is 2.70. The van der Waals surface area contributed by atoms with Crippen LogP contribution in [-0.2, 0) is 12.8 Å². The van der Waals surface area contributed by atoms with E-state index in [1.165, 1.54) is 12.3 Å². The van der Waals surface area contributed by atoms with Crippen LogP contribution in [0.1, 0.15) is 17.1 Å². The Balaban J connectivity index is 1.48. The van der Waals surface area contributed by atoms with Crippen molar-refractivity contribution < 1.29 is 4.39 Å². The largest absolute Gasteiger partial charge is 0.303 e. The van der Waals surface area contributed by atoms with Crippen LogP contribution in [0.2, 0.25) is 0 Å². The van der Waals surface area contributed by atoms with E-state index in [0.29, 0.717) is 11.0 Å². The number of imidazole rings is 1. The van der Waals surface area contributed by atoms with Crippen LogP contribution in [0, 0.1) is 12.7 Å². The van der Waals surface area contributed by atoms with Crippen LogP contribution >= 0.6 is 0 Å². The van der Waals surface area contributed by atoms with Crippen molar-refractivity contribution in [2.24, 2.45) is 0 Å². The molecule has 0 N–H and O–H groups in total. The first-order valence-corrected chi connectivity index (χ1v) is 8.81. The van der Waals surface area contributed by atoms with E-state index in [9.17, 15) is 4.39 Å². The zero-order valence-corrected chi connectivity index (χ0v) is 14.7. The van der Waals surface area contributed by atoms with Gasteiger partial charge in [0, 0.05) is 34.6 Å². The molecule has 5 rings (SSSR count). The van der Waals surface area contributed by atoms with E-state index in [1.807, 2.05) is 36.5 Å². The zero-order valence-electron chi connectivity index (χ0n) is 14.7. The Morgan fingerprint density at radius 1 is 1.04 bits per heavy atom. The fourth-order valence-electron chi connectivity index (χ4n) is 3.46. The number of fused-ring (bicyclic) bond motifs is 4. The number of hydrogen-bond acceptors (Lipinski definition) is 4. The molecule has 5 heterocycles. The van der Waals surface area contributed by atoms with Crippen molar-refractivity contribution in [3.05, 3.63) is 77.9 Å². The minimum atomic E-state index is -0.348. The van der Waals surface area contributed by atoms with Crippen LogP contribution in [-0.4, -0.2) is 24.3 Å². The van der Waals surface area contributed by atoms with E-state index in [0.717, 1.165) is 46.5 Å². The van der Waals surface area contributed by atoms with Crippen LogP contribution in [0.15, 0.2) is 55.0 Å². The normalized spacial score (nSPS) is 11.6. The lowest BCUT2D eigenvalue weighted by atomic mass is 10.1. The third-order valence-corrected chi connectivity index (χ3v) is 4.89. The minimum absolute atomic E-state index is 0.348. The van der Waals surface area contributed by atoms with Gasteiger partial charge in [0.15, 0.2) is 5.65 Å². The fourth-order valence-corrected chi connectivity index (χ4v) is 3.46. The van der Waals surface area contributed by atoms with Gasteiger partial charge in [-0.25, -0.2) is 19.3 Å². The SMILES string of the molecule is Cc1c(CCc2ccc3cc(F)cnc3n2)nc2c3cccnc3ccn12. The summed E-state index contributed by atoms with van der Waals surface area (Å²) in [4.78, 5) is 17.9. The Morgan fingerprint density at radius 3 is 2.89 bits per heavy atom. The number of halogens is 1. The van der Waals surface area contributed by atoms with Crippen molar-refractivity contribution in [3.8, 4) is 0 Å². The molecule has 0 bridgehead atoms. The first kappa shape index (κ1) is 15.8. The van der Waals surface area contributed by atoms with E-state index in [2.05, 4.69) is 26.3 Å². The Hall–Kier alpha value is -3.41. The Kier molecular flexibility index (Phi) is 3.57. The van der Waals surface area contributed by atoms with Gasteiger partial charge in [-0.15, -0.1) is 0 Å². The topological polar surface area (TPSA) is 56.0 Å². The highest BCUT2D eigenvalue weighted by Crippen LogP contribution is 2.21. The number of rotatable bonds is 3. The summed E-state index contributed by atoms with van der Waals surface area (Å²) in [5.74, 6) is -0.348. The van der Waals surface area contributed by atoms with Crippen molar-refractivity contribution in [2.75, 3.05) is 0 Å². The van der Waals surface area contributed by atoms with Crippen LogP contribution in [0.4, 0.5) is 4.39 Å². The van der Waals surface area contributed by atoms with Crippen LogP contribution in [0.5, 0.6) is 0 Å². The smallest absolute Gasteiger partial charge is 0.159 e. The van der Waals surface area contributed by atoms with E-state index < -0.39 is 0 Å². The monoisotopic (exact) mass is 357 g/mol. The highest BCUT2D eigenvalue weighted by molar-refractivity contribution is 5.91. The van der Waals surface area contributed by atoms with Crippen LogP contribution in [0.3, 0.4) is 0 Å². The van der Waals surface area contributed by atoms with Crippen molar-refractivity contribution in [3.63, 3.8) is 0 Å².